The fourth-order valence-corrected chi connectivity index (χ4v) is 3.80. The minimum Gasteiger partial charge on any atom is -0.357 e. The van der Waals surface area contributed by atoms with Gasteiger partial charge in [0.2, 0.25) is 0 Å². The van der Waals surface area contributed by atoms with Gasteiger partial charge in [0.25, 0.3) is 0 Å². The SMILES string of the molecule is CCNC(=NCCCc1nnc(SC)n1C1CCCC1)NC(C)CC.I. The first-order valence-corrected chi connectivity index (χ1v) is 10.9. The quantitative estimate of drug-likeness (QED) is 0.179. The third-order valence-electron chi connectivity index (χ3n) is 4.78. The summed E-state index contributed by atoms with van der Waals surface area (Å²) in [5.74, 6) is 2.05. The molecule has 1 aromatic rings. The van der Waals surface area contributed by atoms with Crippen LogP contribution < -0.4 is 10.6 Å². The van der Waals surface area contributed by atoms with Gasteiger partial charge >= 0.3 is 0 Å². The number of hydrogen-bond acceptors (Lipinski definition) is 4. The zero-order valence-electron chi connectivity index (χ0n) is 16.6. The molecule has 1 aromatic heterocycles. The lowest BCUT2D eigenvalue weighted by molar-refractivity contribution is 0.461. The lowest BCUT2D eigenvalue weighted by atomic mass is 10.2. The van der Waals surface area contributed by atoms with Crippen molar-refractivity contribution in [3.05, 3.63) is 5.82 Å². The predicted octanol–water partition coefficient (Wildman–Crippen LogP) is 4.02. The Hall–Kier alpha value is -0.510. The van der Waals surface area contributed by atoms with Crippen LogP contribution in [0.3, 0.4) is 0 Å². The number of guanidine groups is 1. The summed E-state index contributed by atoms with van der Waals surface area (Å²) in [6.07, 6.45) is 10.3. The molecule has 1 fully saturated rings. The van der Waals surface area contributed by atoms with Gasteiger partial charge in [0.05, 0.1) is 0 Å². The van der Waals surface area contributed by atoms with Crippen molar-refractivity contribution < 1.29 is 0 Å². The maximum atomic E-state index is 4.70. The Morgan fingerprint density at radius 3 is 2.65 bits per heavy atom. The highest BCUT2D eigenvalue weighted by molar-refractivity contribution is 14.0. The smallest absolute Gasteiger partial charge is 0.191 e. The van der Waals surface area contributed by atoms with Gasteiger partial charge in [-0.25, -0.2) is 0 Å². The molecule has 0 bridgehead atoms. The summed E-state index contributed by atoms with van der Waals surface area (Å²) >= 11 is 1.70. The van der Waals surface area contributed by atoms with E-state index in [0.29, 0.717) is 12.1 Å². The van der Waals surface area contributed by atoms with Crippen molar-refractivity contribution in [1.82, 2.24) is 25.4 Å². The lowest BCUT2D eigenvalue weighted by Gasteiger charge is -2.17. The summed E-state index contributed by atoms with van der Waals surface area (Å²) in [5.41, 5.74) is 0. The maximum Gasteiger partial charge on any atom is 0.191 e. The molecule has 1 aliphatic rings. The van der Waals surface area contributed by atoms with E-state index in [2.05, 4.69) is 52.4 Å². The maximum absolute atomic E-state index is 4.70. The Morgan fingerprint density at radius 1 is 1.31 bits per heavy atom. The molecule has 0 spiro atoms. The van der Waals surface area contributed by atoms with Crippen LogP contribution in [-0.4, -0.2) is 46.1 Å². The molecule has 1 aliphatic carbocycles. The van der Waals surface area contributed by atoms with Crippen LogP contribution in [0.2, 0.25) is 0 Å². The number of rotatable bonds is 9. The summed E-state index contributed by atoms with van der Waals surface area (Å²) in [7, 11) is 0. The van der Waals surface area contributed by atoms with Crippen LogP contribution in [-0.2, 0) is 6.42 Å². The molecule has 150 valence electrons. The highest BCUT2D eigenvalue weighted by atomic mass is 127. The van der Waals surface area contributed by atoms with Crippen molar-refractivity contribution >= 4 is 41.7 Å². The molecule has 1 unspecified atom stereocenters. The zero-order chi connectivity index (χ0) is 18.1. The molecule has 26 heavy (non-hydrogen) atoms. The molecule has 0 saturated heterocycles. The second kappa shape index (κ2) is 12.8. The summed E-state index contributed by atoms with van der Waals surface area (Å²) in [6.45, 7) is 8.15. The Labute approximate surface area is 179 Å². The Morgan fingerprint density at radius 2 is 2.04 bits per heavy atom. The van der Waals surface area contributed by atoms with E-state index in [1.54, 1.807) is 11.8 Å². The van der Waals surface area contributed by atoms with Gasteiger partial charge in [0.15, 0.2) is 11.1 Å². The largest absolute Gasteiger partial charge is 0.357 e. The molecule has 0 aromatic carbocycles. The first kappa shape index (κ1) is 23.5. The normalized spacial score (nSPS) is 16.4. The van der Waals surface area contributed by atoms with Crippen LogP contribution in [0.4, 0.5) is 0 Å². The monoisotopic (exact) mass is 494 g/mol. The van der Waals surface area contributed by atoms with E-state index in [1.807, 2.05) is 0 Å². The summed E-state index contributed by atoms with van der Waals surface area (Å²) in [5, 5.41) is 16.7. The van der Waals surface area contributed by atoms with E-state index in [0.717, 1.165) is 49.3 Å². The average molecular weight is 494 g/mol. The molecule has 0 amide bonds. The highest BCUT2D eigenvalue weighted by Crippen LogP contribution is 2.33. The van der Waals surface area contributed by atoms with Gasteiger partial charge in [0, 0.05) is 31.6 Å². The number of thioether (sulfide) groups is 1. The molecule has 8 heteroatoms. The van der Waals surface area contributed by atoms with Crippen LogP contribution in [0.5, 0.6) is 0 Å². The van der Waals surface area contributed by atoms with Crippen LogP contribution in [0, 0.1) is 0 Å². The lowest BCUT2D eigenvalue weighted by Crippen LogP contribution is -2.42. The van der Waals surface area contributed by atoms with E-state index in [4.69, 9.17) is 4.99 Å². The second-order valence-electron chi connectivity index (χ2n) is 6.73. The van der Waals surface area contributed by atoms with Crippen molar-refractivity contribution in [2.75, 3.05) is 19.3 Å². The number of halogens is 1. The first-order chi connectivity index (χ1) is 12.2. The topological polar surface area (TPSA) is 67.1 Å². The Kier molecular flexibility index (Phi) is 11.6. The standard InChI is InChI=1S/C18H34N6S.HI/c1-5-14(3)21-17(19-6-2)20-13-9-12-16-22-23-18(25-4)24(16)15-10-7-8-11-15;/h14-15H,5-13H2,1-4H3,(H2,19,20,21);1H. The average Bonchev–Trinajstić information content (AvgIpc) is 3.27. The number of nitrogens with zero attached hydrogens (tertiary/aromatic N) is 4. The highest BCUT2D eigenvalue weighted by Gasteiger charge is 2.23. The second-order valence-corrected chi connectivity index (χ2v) is 7.50. The van der Waals surface area contributed by atoms with E-state index in [1.165, 1.54) is 25.7 Å². The molecule has 1 atom stereocenters. The molecular weight excluding hydrogens is 459 g/mol. The zero-order valence-corrected chi connectivity index (χ0v) is 19.8. The van der Waals surface area contributed by atoms with Crippen LogP contribution in [0.25, 0.3) is 0 Å². The van der Waals surface area contributed by atoms with Gasteiger partial charge in [-0.15, -0.1) is 34.2 Å². The molecule has 1 heterocycles. The summed E-state index contributed by atoms with van der Waals surface area (Å²) < 4.78 is 2.39. The minimum absolute atomic E-state index is 0. The third kappa shape index (κ3) is 6.90. The van der Waals surface area contributed by atoms with Gasteiger partial charge in [-0.2, -0.15) is 0 Å². The van der Waals surface area contributed by atoms with E-state index in [9.17, 15) is 0 Å². The number of aromatic nitrogens is 3. The number of hydrogen-bond donors (Lipinski definition) is 2. The first-order valence-electron chi connectivity index (χ1n) is 9.72. The van der Waals surface area contributed by atoms with Crippen LogP contribution >= 0.6 is 35.7 Å². The Balaban J connectivity index is 0.00000338. The molecule has 1 saturated carbocycles. The molecular formula is C18H35IN6S. The summed E-state index contributed by atoms with van der Waals surface area (Å²) in [4.78, 5) is 4.70. The number of aryl methyl sites for hydroxylation is 1. The molecule has 0 aliphatic heterocycles. The fraction of sp³-hybridized carbons (Fsp3) is 0.833. The van der Waals surface area contributed by atoms with Gasteiger partial charge < -0.3 is 15.2 Å². The molecule has 6 nitrogen and oxygen atoms in total. The van der Waals surface area contributed by atoms with Gasteiger partial charge in [0.1, 0.15) is 5.82 Å². The number of nitrogens with one attached hydrogen (secondary N) is 2. The molecule has 2 N–H and O–H groups in total. The van der Waals surface area contributed by atoms with Crippen molar-refractivity contribution in [3.8, 4) is 0 Å². The fourth-order valence-electron chi connectivity index (χ4n) is 3.23. The third-order valence-corrected chi connectivity index (χ3v) is 5.42. The summed E-state index contributed by atoms with van der Waals surface area (Å²) in [6, 6.07) is 1.03. The van der Waals surface area contributed by atoms with Gasteiger partial charge in [-0.3, -0.25) is 4.99 Å². The van der Waals surface area contributed by atoms with Crippen molar-refractivity contribution in [1.29, 1.82) is 0 Å². The van der Waals surface area contributed by atoms with Crippen molar-refractivity contribution in [3.63, 3.8) is 0 Å². The van der Waals surface area contributed by atoms with Crippen molar-refractivity contribution in [2.45, 2.75) is 83.0 Å². The van der Waals surface area contributed by atoms with Crippen LogP contribution in [0.15, 0.2) is 10.1 Å². The van der Waals surface area contributed by atoms with E-state index < -0.39 is 0 Å². The molecule has 0 radical (unpaired) electrons. The minimum atomic E-state index is 0. The van der Waals surface area contributed by atoms with Gasteiger partial charge in [-0.1, -0.05) is 31.5 Å². The Bertz CT molecular complexity index is 542. The van der Waals surface area contributed by atoms with E-state index in [-0.39, 0.29) is 24.0 Å². The van der Waals surface area contributed by atoms with Crippen LogP contribution in [0.1, 0.15) is 71.2 Å². The van der Waals surface area contributed by atoms with Gasteiger partial charge in [-0.05, 0) is 45.8 Å². The predicted molar refractivity (Wildman–Crippen MR) is 122 cm³/mol. The number of aliphatic imine (C=N–C) groups is 1. The van der Waals surface area contributed by atoms with Crippen molar-refractivity contribution in [2.24, 2.45) is 4.99 Å². The molecule has 2 rings (SSSR count). The van der Waals surface area contributed by atoms with E-state index >= 15 is 0 Å².